The van der Waals surface area contributed by atoms with Crippen LogP contribution in [0.5, 0.6) is 0 Å². The van der Waals surface area contributed by atoms with Crippen LogP contribution in [0, 0.1) is 5.92 Å². The molecule has 0 aliphatic carbocycles. The smallest absolute Gasteiger partial charge is 0.00307 e. The third-order valence-electron chi connectivity index (χ3n) is 1.28. The molecule has 1 rings (SSSR count). The normalized spacial score (nSPS) is 19.1. The molecule has 0 spiro atoms. The molecule has 3 heteroatoms. The molecule has 0 bridgehead atoms. The lowest BCUT2D eigenvalue weighted by Gasteiger charge is -2.23. The van der Waals surface area contributed by atoms with E-state index >= 15 is 0 Å². The van der Waals surface area contributed by atoms with Crippen LogP contribution in [0.25, 0.3) is 0 Å². The molecule has 0 amide bonds. The standard InChI is InChI=1S/C5H11NS.ClH/c6-2-1-5-3-7-4-5;/h5H,1-4,6H2;1H. The van der Waals surface area contributed by atoms with E-state index in [1.54, 1.807) is 0 Å². The lowest BCUT2D eigenvalue weighted by atomic mass is 10.1. The molecule has 8 heavy (non-hydrogen) atoms. The topological polar surface area (TPSA) is 26.0 Å². The Morgan fingerprint density at radius 1 is 1.50 bits per heavy atom. The van der Waals surface area contributed by atoms with E-state index in [1.165, 1.54) is 17.9 Å². The van der Waals surface area contributed by atoms with Crippen LogP contribution in [0.4, 0.5) is 0 Å². The van der Waals surface area contributed by atoms with Gasteiger partial charge in [0.15, 0.2) is 0 Å². The predicted molar refractivity (Wildman–Crippen MR) is 41.7 cm³/mol. The Morgan fingerprint density at radius 3 is 2.25 bits per heavy atom. The summed E-state index contributed by atoms with van der Waals surface area (Å²) in [6, 6.07) is 0. The molecule has 50 valence electrons. The van der Waals surface area contributed by atoms with Gasteiger partial charge in [0.05, 0.1) is 0 Å². The second-order valence-electron chi connectivity index (χ2n) is 1.98. The minimum absolute atomic E-state index is 0. The first-order chi connectivity index (χ1) is 3.43. The summed E-state index contributed by atoms with van der Waals surface area (Å²) in [4.78, 5) is 0. The molecule has 0 aromatic heterocycles. The molecule has 0 unspecified atom stereocenters. The van der Waals surface area contributed by atoms with Crippen molar-refractivity contribution in [3.05, 3.63) is 0 Å². The fraction of sp³-hybridized carbons (Fsp3) is 1.00. The Kier molecular flexibility index (Phi) is 4.81. The first kappa shape index (κ1) is 8.60. The SMILES string of the molecule is Cl.NCCC1CSC1. The summed E-state index contributed by atoms with van der Waals surface area (Å²) in [5.41, 5.74) is 5.33. The summed E-state index contributed by atoms with van der Waals surface area (Å²) in [5.74, 6) is 3.68. The Morgan fingerprint density at radius 2 is 2.12 bits per heavy atom. The highest BCUT2D eigenvalue weighted by Gasteiger charge is 2.15. The van der Waals surface area contributed by atoms with Crippen LogP contribution in [-0.4, -0.2) is 18.1 Å². The van der Waals surface area contributed by atoms with Crippen LogP contribution in [0.1, 0.15) is 6.42 Å². The van der Waals surface area contributed by atoms with Gasteiger partial charge in [-0.2, -0.15) is 11.8 Å². The Balaban J connectivity index is 0.000000490. The molecule has 1 heterocycles. The van der Waals surface area contributed by atoms with Gasteiger partial charge in [0.1, 0.15) is 0 Å². The van der Waals surface area contributed by atoms with E-state index in [2.05, 4.69) is 0 Å². The minimum atomic E-state index is 0. The lowest BCUT2D eigenvalue weighted by Crippen LogP contribution is -2.21. The van der Waals surface area contributed by atoms with Crippen molar-refractivity contribution in [3.8, 4) is 0 Å². The van der Waals surface area contributed by atoms with Gasteiger partial charge in [-0.25, -0.2) is 0 Å². The maximum atomic E-state index is 5.33. The Labute approximate surface area is 60.8 Å². The van der Waals surface area contributed by atoms with Crippen molar-refractivity contribution in [1.29, 1.82) is 0 Å². The van der Waals surface area contributed by atoms with Crippen molar-refractivity contribution in [2.75, 3.05) is 18.1 Å². The third-order valence-corrected chi connectivity index (χ3v) is 2.70. The van der Waals surface area contributed by atoms with Crippen molar-refractivity contribution < 1.29 is 0 Å². The molecule has 1 nitrogen and oxygen atoms in total. The zero-order valence-corrected chi connectivity index (χ0v) is 6.43. The van der Waals surface area contributed by atoms with Crippen LogP contribution in [0.2, 0.25) is 0 Å². The summed E-state index contributed by atoms with van der Waals surface area (Å²) < 4.78 is 0. The highest BCUT2D eigenvalue weighted by molar-refractivity contribution is 8.00. The van der Waals surface area contributed by atoms with E-state index in [0.717, 1.165) is 12.5 Å². The summed E-state index contributed by atoms with van der Waals surface area (Å²) in [6.07, 6.45) is 1.24. The van der Waals surface area contributed by atoms with Gasteiger partial charge in [-0.15, -0.1) is 12.4 Å². The number of hydrogen-bond acceptors (Lipinski definition) is 2. The third kappa shape index (κ3) is 2.25. The summed E-state index contributed by atoms with van der Waals surface area (Å²) in [6.45, 7) is 0.880. The first-order valence-corrected chi connectivity index (χ1v) is 3.87. The van der Waals surface area contributed by atoms with E-state index in [-0.39, 0.29) is 12.4 Å². The molecule has 1 fully saturated rings. The second-order valence-corrected chi connectivity index (χ2v) is 3.06. The summed E-state index contributed by atoms with van der Waals surface area (Å²) >= 11 is 2.03. The molecule has 1 aliphatic rings. The van der Waals surface area contributed by atoms with E-state index in [1.807, 2.05) is 11.8 Å². The van der Waals surface area contributed by atoms with Crippen molar-refractivity contribution in [2.45, 2.75) is 6.42 Å². The Hall–Kier alpha value is 0.600. The molecular formula is C5H12ClNS. The van der Waals surface area contributed by atoms with Crippen molar-refractivity contribution in [2.24, 2.45) is 11.7 Å². The Bertz CT molecular complexity index is 56.4. The fourth-order valence-electron chi connectivity index (χ4n) is 0.687. The molecule has 0 radical (unpaired) electrons. The van der Waals surface area contributed by atoms with E-state index in [9.17, 15) is 0 Å². The molecule has 2 N–H and O–H groups in total. The second kappa shape index (κ2) is 4.48. The minimum Gasteiger partial charge on any atom is -0.330 e. The van der Waals surface area contributed by atoms with Crippen LogP contribution >= 0.6 is 24.2 Å². The summed E-state index contributed by atoms with van der Waals surface area (Å²) in [5, 5.41) is 0. The number of rotatable bonds is 2. The van der Waals surface area contributed by atoms with Crippen molar-refractivity contribution in [3.63, 3.8) is 0 Å². The zero-order valence-electron chi connectivity index (χ0n) is 4.80. The number of halogens is 1. The molecule has 0 aromatic carbocycles. The quantitative estimate of drug-likeness (QED) is 0.644. The van der Waals surface area contributed by atoms with Gasteiger partial charge < -0.3 is 5.73 Å². The summed E-state index contributed by atoms with van der Waals surface area (Å²) in [7, 11) is 0. The van der Waals surface area contributed by atoms with Crippen LogP contribution in [0.3, 0.4) is 0 Å². The maximum Gasteiger partial charge on any atom is -0.00307 e. The molecule has 1 aliphatic heterocycles. The van der Waals surface area contributed by atoms with Gasteiger partial charge in [0, 0.05) is 0 Å². The van der Waals surface area contributed by atoms with Crippen molar-refractivity contribution in [1.82, 2.24) is 0 Å². The molecule has 1 saturated heterocycles. The van der Waals surface area contributed by atoms with Crippen LogP contribution in [0.15, 0.2) is 0 Å². The van der Waals surface area contributed by atoms with Crippen LogP contribution in [-0.2, 0) is 0 Å². The molecule has 0 aromatic rings. The average Bonchev–Trinajstić information content (AvgIpc) is 1.55. The van der Waals surface area contributed by atoms with E-state index < -0.39 is 0 Å². The maximum absolute atomic E-state index is 5.33. The van der Waals surface area contributed by atoms with E-state index in [0.29, 0.717) is 0 Å². The van der Waals surface area contributed by atoms with Gasteiger partial charge in [-0.1, -0.05) is 0 Å². The number of hydrogen-bond donors (Lipinski definition) is 1. The van der Waals surface area contributed by atoms with Gasteiger partial charge in [-0.3, -0.25) is 0 Å². The van der Waals surface area contributed by atoms with E-state index in [4.69, 9.17) is 5.73 Å². The molecule has 0 saturated carbocycles. The highest BCUT2D eigenvalue weighted by atomic mass is 35.5. The lowest BCUT2D eigenvalue weighted by molar-refractivity contribution is 0.588. The fourth-order valence-corrected chi connectivity index (χ4v) is 1.59. The first-order valence-electron chi connectivity index (χ1n) is 2.71. The van der Waals surface area contributed by atoms with Crippen LogP contribution < -0.4 is 5.73 Å². The number of thioether (sulfide) groups is 1. The van der Waals surface area contributed by atoms with Gasteiger partial charge >= 0.3 is 0 Å². The predicted octanol–water partition coefficient (Wildman–Crippen LogP) is 1.12. The van der Waals surface area contributed by atoms with Gasteiger partial charge in [-0.05, 0) is 30.4 Å². The molecular weight excluding hydrogens is 142 g/mol. The largest absolute Gasteiger partial charge is 0.330 e. The van der Waals surface area contributed by atoms with Crippen molar-refractivity contribution >= 4 is 24.2 Å². The monoisotopic (exact) mass is 153 g/mol. The number of nitrogens with two attached hydrogens (primary N) is 1. The van der Waals surface area contributed by atoms with Gasteiger partial charge in [0.2, 0.25) is 0 Å². The molecule has 0 atom stereocenters. The van der Waals surface area contributed by atoms with Gasteiger partial charge in [0.25, 0.3) is 0 Å². The highest BCUT2D eigenvalue weighted by Crippen LogP contribution is 2.26. The zero-order chi connectivity index (χ0) is 5.11. The average molecular weight is 154 g/mol.